The summed E-state index contributed by atoms with van der Waals surface area (Å²) in [5.41, 5.74) is 0.668. The Bertz CT molecular complexity index is 334. The second kappa shape index (κ2) is 8.66. The molecule has 0 radical (unpaired) electrons. The quantitative estimate of drug-likeness (QED) is 0.721. The smallest absolute Gasteiger partial charge is 0.251 e. The number of ether oxygens (including phenoxy) is 2. The van der Waals surface area contributed by atoms with Gasteiger partial charge in [-0.15, -0.1) is 0 Å². The van der Waals surface area contributed by atoms with E-state index in [2.05, 4.69) is 5.32 Å². The van der Waals surface area contributed by atoms with Gasteiger partial charge in [0.2, 0.25) is 0 Å². The molecule has 4 heteroatoms. The number of hydrogen-bond acceptors (Lipinski definition) is 3. The first-order valence-corrected chi connectivity index (χ1v) is 6.34. The van der Waals surface area contributed by atoms with Crippen LogP contribution in [0.2, 0.25) is 0 Å². The summed E-state index contributed by atoms with van der Waals surface area (Å²) in [4.78, 5) is 11.7. The molecule has 1 rings (SSSR count). The molecule has 1 aromatic rings. The number of carbonyl (C=O) groups is 1. The van der Waals surface area contributed by atoms with Crippen LogP contribution in [0.15, 0.2) is 30.3 Å². The molecule has 1 N–H and O–H groups in total. The third kappa shape index (κ3) is 5.29. The summed E-state index contributed by atoms with van der Waals surface area (Å²) in [6.07, 6.45) is 0.413. The number of carbonyl (C=O) groups excluding carboxylic acids is 1. The van der Waals surface area contributed by atoms with Gasteiger partial charge >= 0.3 is 0 Å². The van der Waals surface area contributed by atoms with Crippen molar-refractivity contribution in [3.8, 4) is 0 Å². The van der Waals surface area contributed by atoms with E-state index in [1.54, 1.807) is 12.1 Å². The number of nitrogens with one attached hydrogen (secondary N) is 1. The molecule has 4 nitrogen and oxygen atoms in total. The summed E-state index contributed by atoms with van der Waals surface area (Å²) in [5.74, 6) is -0.0673. The normalized spacial score (nSPS) is 10.6. The Kier molecular flexibility index (Phi) is 7.06. The molecule has 0 saturated heterocycles. The molecule has 0 bridgehead atoms. The van der Waals surface area contributed by atoms with Gasteiger partial charge in [-0.25, -0.2) is 0 Å². The minimum atomic E-state index is -0.240. The van der Waals surface area contributed by atoms with Crippen LogP contribution in [0.3, 0.4) is 0 Å². The summed E-state index contributed by atoms with van der Waals surface area (Å²) >= 11 is 0. The minimum absolute atomic E-state index is 0.0673. The van der Waals surface area contributed by atoms with Gasteiger partial charge in [-0.1, -0.05) is 18.2 Å². The Morgan fingerprint density at radius 1 is 1.17 bits per heavy atom. The van der Waals surface area contributed by atoms with Crippen LogP contribution in [0.1, 0.15) is 30.6 Å². The number of rotatable bonds is 8. The van der Waals surface area contributed by atoms with Gasteiger partial charge in [-0.2, -0.15) is 0 Å². The van der Waals surface area contributed by atoms with Crippen molar-refractivity contribution in [1.29, 1.82) is 0 Å². The molecule has 0 fully saturated rings. The van der Waals surface area contributed by atoms with E-state index in [1.807, 2.05) is 32.0 Å². The van der Waals surface area contributed by atoms with Crippen molar-refractivity contribution in [2.45, 2.75) is 26.6 Å². The molecule has 0 aliphatic rings. The van der Waals surface area contributed by atoms with Gasteiger partial charge in [-0.3, -0.25) is 4.79 Å². The second-order valence-corrected chi connectivity index (χ2v) is 3.75. The first-order valence-electron chi connectivity index (χ1n) is 6.34. The van der Waals surface area contributed by atoms with E-state index in [1.165, 1.54) is 0 Å². The highest BCUT2D eigenvalue weighted by Crippen LogP contribution is 2.01. The predicted molar refractivity (Wildman–Crippen MR) is 70.4 cm³/mol. The SMILES string of the molecule is CCOC(CCNC(=O)c1ccccc1)OCC. The van der Waals surface area contributed by atoms with Crippen molar-refractivity contribution in [1.82, 2.24) is 5.32 Å². The molecule has 0 aliphatic heterocycles. The predicted octanol–water partition coefficient (Wildman–Crippen LogP) is 2.21. The molecule has 0 aliphatic carbocycles. The van der Waals surface area contributed by atoms with Gasteiger partial charge in [0.25, 0.3) is 5.91 Å². The monoisotopic (exact) mass is 251 g/mol. The zero-order chi connectivity index (χ0) is 13.2. The van der Waals surface area contributed by atoms with Crippen molar-refractivity contribution in [2.75, 3.05) is 19.8 Å². The lowest BCUT2D eigenvalue weighted by atomic mass is 10.2. The highest BCUT2D eigenvalue weighted by molar-refractivity contribution is 5.94. The Labute approximate surface area is 108 Å². The van der Waals surface area contributed by atoms with Crippen molar-refractivity contribution in [3.63, 3.8) is 0 Å². The largest absolute Gasteiger partial charge is 0.353 e. The van der Waals surface area contributed by atoms with Gasteiger partial charge in [-0.05, 0) is 26.0 Å². The maximum absolute atomic E-state index is 11.7. The lowest BCUT2D eigenvalue weighted by Crippen LogP contribution is -2.29. The summed E-state index contributed by atoms with van der Waals surface area (Å²) in [6.45, 7) is 5.61. The maximum Gasteiger partial charge on any atom is 0.251 e. The first-order chi connectivity index (χ1) is 8.77. The molecular weight excluding hydrogens is 230 g/mol. The van der Waals surface area contributed by atoms with Crippen LogP contribution < -0.4 is 5.32 Å². The molecule has 0 saturated carbocycles. The topological polar surface area (TPSA) is 47.6 Å². The van der Waals surface area contributed by atoms with Crippen molar-refractivity contribution in [3.05, 3.63) is 35.9 Å². The third-order valence-electron chi connectivity index (χ3n) is 2.41. The molecule has 100 valence electrons. The van der Waals surface area contributed by atoms with E-state index in [0.29, 0.717) is 31.7 Å². The van der Waals surface area contributed by atoms with E-state index in [4.69, 9.17) is 9.47 Å². The summed E-state index contributed by atoms with van der Waals surface area (Å²) in [6, 6.07) is 9.16. The van der Waals surface area contributed by atoms with Crippen LogP contribution in [0, 0.1) is 0 Å². The van der Waals surface area contributed by atoms with Gasteiger partial charge in [0.05, 0.1) is 0 Å². The minimum Gasteiger partial charge on any atom is -0.353 e. The second-order valence-electron chi connectivity index (χ2n) is 3.75. The van der Waals surface area contributed by atoms with E-state index in [-0.39, 0.29) is 12.2 Å². The molecule has 1 amide bonds. The lowest BCUT2D eigenvalue weighted by molar-refractivity contribution is -0.138. The molecule has 0 unspecified atom stereocenters. The first kappa shape index (κ1) is 14.7. The van der Waals surface area contributed by atoms with Crippen molar-refractivity contribution < 1.29 is 14.3 Å². The molecule has 0 atom stereocenters. The lowest BCUT2D eigenvalue weighted by Gasteiger charge is -2.16. The molecule has 0 aromatic heterocycles. The van der Waals surface area contributed by atoms with Gasteiger partial charge in [0.15, 0.2) is 6.29 Å². The van der Waals surface area contributed by atoms with E-state index in [9.17, 15) is 4.79 Å². The maximum atomic E-state index is 11.7. The molecule has 0 spiro atoms. The zero-order valence-electron chi connectivity index (χ0n) is 11.0. The number of benzene rings is 1. The van der Waals surface area contributed by atoms with E-state index >= 15 is 0 Å². The van der Waals surface area contributed by atoms with Crippen LogP contribution >= 0.6 is 0 Å². The summed E-state index contributed by atoms with van der Waals surface area (Å²) < 4.78 is 10.8. The average molecular weight is 251 g/mol. The Balaban J connectivity index is 2.30. The Morgan fingerprint density at radius 3 is 2.33 bits per heavy atom. The number of amides is 1. The highest BCUT2D eigenvalue weighted by Gasteiger charge is 2.09. The van der Waals surface area contributed by atoms with Gasteiger partial charge in [0.1, 0.15) is 0 Å². The molecule has 0 heterocycles. The average Bonchev–Trinajstić information content (AvgIpc) is 2.40. The zero-order valence-corrected chi connectivity index (χ0v) is 11.0. The Hall–Kier alpha value is -1.39. The standard InChI is InChI=1S/C14H21NO3/c1-3-17-13(18-4-2)10-11-15-14(16)12-8-6-5-7-9-12/h5-9,13H,3-4,10-11H2,1-2H3,(H,15,16). The van der Waals surface area contributed by atoms with Gasteiger partial charge < -0.3 is 14.8 Å². The van der Waals surface area contributed by atoms with Crippen molar-refractivity contribution >= 4 is 5.91 Å². The van der Waals surface area contributed by atoms with Crippen LogP contribution in [0.4, 0.5) is 0 Å². The summed E-state index contributed by atoms with van der Waals surface area (Å²) in [7, 11) is 0. The number of hydrogen-bond donors (Lipinski definition) is 1. The fourth-order valence-corrected chi connectivity index (χ4v) is 1.58. The van der Waals surface area contributed by atoms with Crippen LogP contribution in [0.25, 0.3) is 0 Å². The highest BCUT2D eigenvalue weighted by atomic mass is 16.7. The third-order valence-corrected chi connectivity index (χ3v) is 2.41. The van der Waals surface area contributed by atoms with E-state index in [0.717, 1.165) is 0 Å². The van der Waals surface area contributed by atoms with Crippen molar-refractivity contribution in [2.24, 2.45) is 0 Å². The van der Waals surface area contributed by atoms with Crippen LogP contribution in [0.5, 0.6) is 0 Å². The van der Waals surface area contributed by atoms with E-state index < -0.39 is 0 Å². The molecular formula is C14H21NO3. The summed E-state index contributed by atoms with van der Waals surface area (Å²) in [5, 5.41) is 2.85. The Morgan fingerprint density at radius 2 is 1.78 bits per heavy atom. The molecule has 18 heavy (non-hydrogen) atoms. The fraction of sp³-hybridized carbons (Fsp3) is 0.500. The fourth-order valence-electron chi connectivity index (χ4n) is 1.58. The molecule has 1 aromatic carbocycles. The van der Waals surface area contributed by atoms with Gasteiger partial charge in [0, 0.05) is 31.7 Å². The van der Waals surface area contributed by atoms with Crippen LogP contribution in [-0.2, 0) is 9.47 Å². The van der Waals surface area contributed by atoms with Crippen LogP contribution in [-0.4, -0.2) is 32.0 Å².